The molecule has 3 aliphatic rings. The highest BCUT2D eigenvalue weighted by atomic mass is 32.2. The van der Waals surface area contributed by atoms with Crippen molar-refractivity contribution in [2.24, 2.45) is 11.8 Å². The smallest absolute Gasteiger partial charge is 0.246 e. The average Bonchev–Trinajstić information content (AvgIpc) is 3.03. The van der Waals surface area contributed by atoms with E-state index in [1.54, 1.807) is 22.1 Å². The number of aromatic nitrogens is 2. The molecule has 8 heteroatoms. The normalized spacial score (nSPS) is 31.2. The second-order valence-corrected chi connectivity index (χ2v) is 9.75. The summed E-state index contributed by atoms with van der Waals surface area (Å²) in [6.45, 7) is 9.28. The van der Waals surface area contributed by atoms with Crippen LogP contribution in [0.5, 0.6) is 0 Å². The van der Waals surface area contributed by atoms with Gasteiger partial charge in [0.15, 0.2) is 0 Å². The zero-order valence-corrected chi connectivity index (χ0v) is 16.6. The van der Waals surface area contributed by atoms with Crippen molar-refractivity contribution in [2.45, 2.75) is 50.6 Å². The molecule has 2 saturated heterocycles. The first-order valence-electron chi connectivity index (χ1n) is 9.86. The van der Waals surface area contributed by atoms with Crippen LogP contribution in [-0.2, 0) is 21.3 Å². The number of aryl methyl sites for hydroxylation is 2. The van der Waals surface area contributed by atoms with Gasteiger partial charge in [0, 0.05) is 45.0 Å². The van der Waals surface area contributed by atoms with Crippen LogP contribution >= 0.6 is 0 Å². The molecule has 0 radical (unpaired) electrons. The van der Waals surface area contributed by atoms with E-state index in [2.05, 4.69) is 10.00 Å². The first kappa shape index (κ1) is 18.4. The maximum Gasteiger partial charge on any atom is 0.246 e. The maximum absolute atomic E-state index is 13.3. The number of hydrogen-bond acceptors (Lipinski definition) is 5. The summed E-state index contributed by atoms with van der Waals surface area (Å²) in [5, 5.41) is 4.34. The summed E-state index contributed by atoms with van der Waals surface area (Å²) in [5.74, 6) is 0.855. The van der Waals surface area contributed by atoms with Crippen LogP contribution in [0.2, 0.25) is 0 Å². The third kappa shape index (κ3) is 3.21. The summed E-state index contributed by atoms with van der Waals surface area (Å²) in [6, 6.07) is 0.513. The van der Waals surface area contributed by atoms with E-state index in [4.69, 9.17) is 4.74 Å². The number of sulfonamides is 1. The molecule has 146 valence electrons. The van der Waals surface area contributed by atoms with Gasteiger partial charge in [0.2, 0.25) is 10.0 Å². The zero-order valence-electron chi connectivity index (χ0n) is 15.8. The first-order chi connectivity index (χ1) is 12.5. The van der Waals surface area contributed by atoms with Crippen molar-refractivity contribution in [3.8, 4) is 0 Å². The van der Waals surface area contributed by atoms with Gasteiger partial charge in [-0.1, -0.05) is 6.42 Å². The Morgan fingerprint density at radius 1 is 1.19 bits per heavy atom. The van der Waals surface area contributed by atoms with Crippen molar-refractivity contribution in [1.82, 2.24) is 19.0 Å². The Hall–Kier alpha value is -0.960. The van der Waals surface area contributed by atoms with E-state index in [-0.39, 0.29) is 0 Å². The molecule has 1 aromatic rings. The fourth-order valence-electron chi connectivity index (χ4n) is 5.09. The predicted octanol–water partition coefficient (Wildman–Crippen LogP) is 1.33. The van der Waals surface area contributed by atoms with Gasteiger partial charge in [0.1, 0.15) is 4.90 Å². The summed E-state index contributed by atoms with van der Waals surface area (Å²) in [5.41, 5.74) is 0.604. The Morgan fingerprint density at radius 3 is 2.42 bits per heavy atom. The monoisotopic (exact) mass is 382 g/mol. The van der Waals surface area contributed by atoms with E-state index < -0.39 is 10.0 Å². The molecular weight excluding hydrogens is 352 g/mol. The lowest BCUT2D eigenvalue weighted by atomic mass is 9.73. The number of rotatable bonds is 4. The van der Waals surface area contributed by atoms with Gasteiger partial charge in [-0.15, -0.1) is 0 Å². The topological polar surface area (TPSA) is 67.7 Å². The molecule has 2 aliphatic heterocycles. The van der Waals surface area contributed by atoms with E-state index in [1.165, 1.54) is 6.42 Å². The molecule has 0 N–H and O–H groups in total. The summed E-state index contributed by atoms with van der Waals surface area (Å²) in [7, 11) is -3.47. The average molecular weight is 383 g/mol. The number of ether oxygens (including phenoxy) is 1. The van der Waals surface area contributed by atoms with Crippen molar-refractivity contribution >= 4 is 10.0 Å². The van der Waals surface area contributed by atoms with Crippen molar-refractivity contribution in [1.29, 1.82) is 0 Å². The third-order valence-corrected chi connectivity index (χ3v) is 8.24. The van der Waals surface area contributed by atoms with Crippen LogP contribution in [0.4, 0.5) is 0 Å². The van der Waals surface area contributed by atoms with E-state index in [0.717, 1.165) is 39.1 Å². The highest BCUT2D eigenvalue weighted by Crippen LogP contribution is 2.40. The summed E-state index contributed by atoms with van der Waals surface area (Å²) in [6.07, 6.45) is 5.15. The minimum absolute atomic E-state index is 0.377. The van der Waals surface area contributed by atoms with Gasteiger partial charge in [-0.25, -0.2) is 8.42 Å². The van der Waals surface area contributed by atoms with Crippen molar-refractivity contribution in [3.63, 3.8) is 0 Å². The van der Waals surface area contributed by atoms with E-state index >= 15 is 0 Å². The first-order valence-corrected chi connectivity index (χ1v) is 11.3. The Labute approximate surface area is 156 Å². The second kappa shape index (κ2) is 7.22. The number of fused-ring (bicyclic) bond motifs is 2. The van der Waals surface area contributed by atoms with Gasteiger partial charge in [-0.2, -0.15) is 9.40 Å². The molecule has 0 aromatic carbocycles. The van der Waals surface area contributed by atoms with Gasteiger partial charge in [-0.05, 0) is 38.5 Å². The van der Waals surface area contributed by atoms with Gasteiger partial charge in [0.05, 0.1) is 18.9 Å². The maximum atomic E-state index is 13.3. The summed E-state index contributed by atoms with van der Waals surface area (Å²) < 4.78 is 35.5. The molecule has 0 amide bonds. The highest BCUT2D eigenvalue weighted by molar-refractivity contribution is 7.89. The molecule has 4 rings (SSSR count). The van der Waals surface area contributed by atoms with Crippen molar-refractivity contribution < 1.29 is 13.2 Å². The van der Waals surface area contributed by atoms with Gasteiger partial charge >= 0.3 is 0 Å². The van der Waals surface area contributed by atoms with Crippen LogP contribution in [0.1, 0.15) is 31.9 Å². The lowest BCUT2D eigenvalue weighted by Crippen LogP contribution is -2.60. The van der Waals surface area contributed by atoms with Crippen LogP contribution in [0.3, 0.4) is 0 Å². The number of piperidine rings is 1. The van der Waals surface area contributed by atoms with Crippen LogP contribution in [-0.4, -0.2) is 72.8 Å². The Balaban J connectivity index is 1.57. The molecule has 3 fully saturated rings. The van der Waals surface area contributed by atoms with Gasteiger partial charge < -0.3 is 4.74 Å². The van der Waals surface area contributed by atoms with Gasteiger partial charge in [-0.3, -0.25) is 9.58 Å². The lowest BCUT2D eigenvalue weighted by Gasteiger charge is -2.51. The van der Waals surface area contributed by atoms with E-state index in [9.17, 15) is 8.42 Å². The molecule has 1 aliphatic carbocycles. The molecule has 1 saturated carbocycles. The molecule has 0 unspecified atom stereocenters. The summed E-state index contributed by atoms with van der Waals surface area (Å²) in [4.78, 5) is 2.93. The zero-order chi connectivity index (χ0) is 18.3. The van der Waals surface area contributed by atoms with Crippen molar-refractivity contribution in [3.05, 3.63) is 11.9 Å². The van der Waals surface area contributed by atoms with E-state index in [1.807, 2.05) is 6.92 Å². The van der Waals surface area contributed by atoms with E-state index in [0.29, 0.717) is 48.1 Å². The largest absolute Gasteiger partial charge is 0.379 e. The molecule has 7 nitrogen and oxygen atoms in total. The highest BCUT2D eigenvalue weighted by Gasteiger charge is 2.46. The number of morpholine rings is 1. The SMILES string of the molecule is CCn1cc(S(=O)(=O)N2C[C@@H]3CCC[C@@H](C2)C3N2CCOCC2)c(C)n1. The quantitative estimate of drug-likeness (QED) is 0.786. The molecule has 1 aromatic heterocycles. The van der Waals surface area contributed by atoms with Crippen molar-refractivity contribution in [2.75, 3.05) is 39.4 Å². The van der Waals surface area contributed by atoms with Crippen LogP contribution in [0, 0.1) is 18.8 Å². The fraction of sp³-hybridized carbons (Fsp3) is 0.833. The molecular formula is C18H30N4O3S. The third-order valence-electron chi connectivity index (χ3n) is 6.30. The standard InChI is InChI=1S/C18H30N4O3S/c1-3-21-13-17(14(2)19-21)26(23,24)22-11-15-5-4-6-16(12-22)18(15)20-7-9-25-10-8-20/h13,15-16,18H,3-12H2,1-2H3/t15-,16-/m0/s1. The van der Waals surface area contributed by atoms with Crippen LogP contribution in [0.15, 0.2) is 11.1 Å². The van der Waals surface area contributed by atoms with Crippen LogP contribution < -0.4 is 0 Å². The van der Waals surface area contributed by atoms with Crippen LogP contribution in [0.25, 0.3) is 0 Å². The Kier molecular flexibility index (Phi) is 5.11. The second-order valence-electron chi connectivity index (χ2n) is 7.85. The minimum Gasteiger partial charge on any atom is -0.379 e. The lowest BCUT2D eigenvalue weighted by molar-refractivity contribution is -0.0480. The molecule has 3 heterocycles. The minimum atomic E-state index is -3.47. The van der Waals surface area contributed by atoms with Gasteiger partial charge in [0.25, 0.3) is 0 Å². The molecule has 2 bridgehead atoms. The Morgan fingerprint density at radius 2 is 1.85 bits per heavy atom. The molecule has 2 atom stereocenters. The predicted molar refractivity (Wildman–Crippen MR) is 98.4 cm³/mol. The Bertz CT molecular complexity index is 728. The fourth-order valence-corrected chi connectivity index (χ4v) is 6.81. The summed E-state index contributed by atoms with van der Waals surface area (Å²) >= 11 is 0. The molecule has 26 heavy (non-hydrogen) atoms. The number of nitrogens with zero attached hydrogens (tertiary/aromatic N) is 4. The number of hydrogen-bond donors (Lipinski definition) is 0. The molecule has 0 spiro atoms.